The predicted molar refractivity (Wildman–Crippen MR) is 124 cm³/mol. The highest BCUT2D eigenvalue weighted by molar-refractivity contribution is 6.35. The molecular formula is C23H24Cl2N2O6. The quantitative estimate of drug-likeness (QED) is 0.396. The fourth-order valence-corrected chi connectivity index (χ4v) is 3.75. The number of esters is 1. The minimum Gasteiger partial charge on any atom is -0.493 e. The van der Waals surface area contributed by atoms with Crippen molar-refractivity contribution in [2.75, 3.05) is 27.4 Å². The fourth-order valence-electron chi connectivity index (χ4n) is 3.29. The fraction of sp³-hybridized carbons (Fsp3) is 0.304. The van der Waals surface area contributed by atoms with Gasteiger partial charge in [-0.2, -0.15) is 0 Å². The molecule has 2 aromatic carbocycles. The summed E-state index contributed by atoms with van der Waals surface area (Å²) in [6.07, 6.45) is 0. The van der Waals surface area contributed by atoms with Crippen molar-refractivity contribution in [3.63, 3.8) is 0 Å². The number of hydrogen-bond acceptors (Lipinski definition) is 6. The van der Waals surface area contributed by atoms with E-state index >= 15 is 0 Å². The standard InChI is InChI=1S/C23H24Cl2N2O6/c1-13-20(22(28)32-9-8-30-2)21(27-23(29)26-13)14-5-7-18(19(10-14)31-3)33-12-15-4-6-16(24)11-17(15)25/h4-7,10-11,21H,8-9,12H2,1-3H3,(H2,26,27,29)/t21-/m1/s1. The van der Waals surface area contributed by atoms with Gasteiger partial charge in [0.2, 0.25) is 0 Å². The number of carbonyl (C=O) groups is 2. The summed E-state index contributed by atoms with van der Waals surface area (Å²) in [7, 11) is 3.02. The molecule has 0 spiro atoms. The third-order valence-corrected chi connectivity index (χ3v) is 5.52. The largest absolute Gasteiger partial charge is 0.493 e. The zero-order valence-corrected chi connectivity index (χ0v) is 19.9. The Kier molecular flexibility index (Phi) is 8.43. The van der Waals surface area contributed by atoms with Crippen molar-refractivity contribution in [3.05, 3.63) is 68.8 Å². The molecule has 2 amide bonds. The summed E-state index contributed by atoms with van der Waals surface area (Å²) in [6.45, 7) is 2.20. The number of carbonyl (C=O) groups excluding carboxylic acids is 2. The Bertz CT molecular complexity index is 1070. The summed E-state index contributed by atoms with van der Waals surface area (Å²) in [5, 5.41) is 6.40. The van der Waals surface area contributed by atoms with Crippen LogP contribution in [0.3, 0.4) is 0 Å². The van der Waals surface area contributed by atoms with Gasteiger partial charge in [-0.25, -0.2) is 9.59 Å². The number of halogens is 2. The first-order valence-electron chi connectivity index (χ1n) is 10.0. The Balaban J connectivity index is 1.84. The topological polar surface area (TPSA) is 95.1 Å². The SMILES string of the molecule is COCCOC(=O)C1=C(C)NC(=O)N[C@@H]1c1ccc(OCc2ccc(Cl)cc2Cl)c(OC)c1. The summed E-state index contributed by atoms with van der Waals surface area (Å²) in [5.41, 5.74) is 2.08. The normalized spacial score (nSPS) is 15.5. The third-order valence-electron chi connectivity index (χ3n) is 4.93. The number of ether oxygens (including phenoxy) is 4. The second-order valence-electron chi connectivity index (χ2n) is 7.13. The van der Waals surface area contributed by atoms with E-state index in [1.165, 1.54) is 14.2 Å². The Morgan fingerprint density at radius 2 is 1.85 bits per heavy atom. The lowest BCUT2D eigenvalue weighted by Crippen LogP contribution is -2.45. The van der Waals surface area contributed by atoms with Crippen molar-refractivity contribution in [3.8, 4) is 11.5 Å². The molecule has 33 heavy (non-hydrogen) atoms. The van der Waals surface area contributed by atoms with Crippen molar-refractivity contribution < 1.29 is 28.5 Å². The van der Waals surface area contributed by atoms with Gasteiger partial charge in [0, 0.05) is 28.4 Å². The van der Waals surface area contributed by atoms with Crippen LogP contribution in [-0.2, 0) is 20.9 Å². The molecule has 10 heteroatoms. The average Bonchev–Trinajstić information content (AvgIpc) is 2.78. The van der Waals surface area contributed by atoms with Crippen LogP contribution in [0, 0.1) is 0 Å². The maximum Gasteiger partial charge on any atom is 0.338 e. The van der Waals surface area contributed by atoms with Crippen molar-refractivity contribution in [1.29, 1.82) is 0 Å². The van der Waals surface area contributed by atoms with Crippen molar-refractivity contribution >= 4 is 35.2 Å². The number of amides is 2. The molecule has 176 valence electrons. The summed E-state index contributed by atoms with van der Waals surface area (Å²) in [6, 6.07) is 9.14. The molecule has 0 saturated carbocycles. The van der Waals surface area contributed by atoms with Crippen molar-refractivity contribution in [1.82, 2.24) is 10.6 Å². The second kappa shape index (κ2) is 11.3. The monoisotopic (exact) mass is 494 g/mol. The van der Waals surface area contributed by atoms with E-state index < -0.39 is 18.0 Å². The number of urea groups is 1. The number of hydrogen-bond donors (Lipinski definition) is 2. The molecule has 0 saturated heterocycles. The van der Waals surface area contributed by atoms with E-state index in [4.69, 9.17) is 42.1 Å². The molecule has 0 bridgehead atoms. The van der Waals surface area contributed by atoms with Crippen LogP contribution in [0.4, 0.5) is 4.79 Å². The lowest BCUT2D eigenvalue weighted by atomic mass is 9.95. The van der Waals surface area contributed by atoms with Crippen LogP contribution in [0.5, 0.6) is 11.5 Å². The zero-order chi connectivity index (χ0) is 24.0. The zero-order valence-electron chi connectivity index (χ0n) is 18.4. The third kappa shape index (κ3) is 6.10. The van der Waals surface area contributed by atoms with Crippen LogP contribution in [0.2, 0.25) is 10.0 Å². The summed E-state index contributed by atoms with van der Waals surface area (Å²) in [5.74, 6) is 0.339. The molecule has 3 rings (SSSR count). The number of rotatable bonds is 9. The lowest BCUT2D eigenvalue weighted by Gasteiger charge is -2.28. The van der Waals surface area contributed by atoms with E-state index in [1.807, 2.05) is 0 Å². The van der Waals surface area contributed by atoms with Crippen LogP contribution in [0.15, 0.2) is 47.7 Å². The van der Waals surface area contributed by atoms with E-state index in [1.54, 1.807) is 43.3 Å². The molecule has 0 aromatic heterocycles. The van der Waals surface area contributed by atoms with Gasteiger partial charge in [0.25, 0.3) is 0 Å². The number of benzene rings is 2. The molecule has 1 heterocycles. The van der Waals surface area contributed by atoms with Gasteiger partial charge in [0.1, 0.15) is 13.2 Å². The summed E-state index contributed by atoms with van der Waals surface area (Å²) < 4.78 is 21.6. The smallest absolute Gasteiger partial charge is 0.338 e. The van der Waals surface area contributed by atoms with Gasteiger partial charge in [-0.3, -0.25) is 0 Å². The van der Waals surface area contributed by atoms with Crippen LogP contribution >= 0.6 is 23.2 Å². The number of methoxy groups -OCH3 is 2. The highest BCUT2D eigenvalue weighted by Gasteiger charge is 2.32. The van der Waals surface area contributed by atoms with Gasteiger partial charge in [-0.1, -0.05) is 35.3 Å². The van der Waals surface area contributed by atoms with E-state index in [0.717, 1.165) is 5.56 Å². The van der Waals surface area contributed by atoms with E-state index in [0.29, 0.717) is 32.8 Å². The lowest BCUT2D eigenvalue weighted by molar-refractivity contribution is -0.140. The molecule has 1 aliphatic rings. The molecule has 8 nitrogen and oxygen atoms in total. The van der Waals surface area contributed by atoms with Crippen LogP contribution in [0.25, 0.3) is 0 Å². The molecule has 1 aliphatic heterocycles. The highest BCUT2D eigenvalue weighted by Crippen LogP contribution is 2.35. The second-order valence-corrected chi connectivity index (χ2v) is 7.98. The molecule has 1 atom stereocenters. The van der Waals surface area contributed by atoms with E-state index in [-0.39, 0.29) is 25.4 Å². The molecule has 2 aromatic rings. The Morgan fingerprint density at radius 1 is 1.06 bits per heavy atom. The minimum atomic E-state index is -0.734. The van der Waals surface area contributed by atoms with Crippen molar-refractivity contribution in [2.45, 2.75) is 19.6 Å². The average molecular weight is 495 g/mol. The molecule has 0 radical (unpaired) electrons. The van der Waals surface area contributed by atoms with Crippen molar-refractivity contribution in [2.24, 2.45) is 0 Å². The van der Waals surface area contributed by atoms with Crippen LogP contribution < -0.4 is 20.1 Å². The molecule has 0 unspecified atom stereocenters. The number of nitrogens with one attached hydrogen (secondary N) is 2. The van der Waals surface area contributed by atoms with Gasteiger partial charge < -0.3 is 29.6 Å². The van der Waals surface area contributed by atoms with Crippen LogP contribution in [0.1, 0.15) is 24.1 Å². The first kappa shape index (κ1) is 24.7. The highest BCUT2D eigenvalue weighted by atomic mass is 35.5. The van der Waals surface area contributed by atoms with Gasteiger partial charge in [-0.05, 0) is 36.8 Å². The van der Waals surface area contributed by atoms with Gasteiger partial charge in [0.15, 0.2) is 11.5 Å². The Hall–Kier alpha value is -2.94. The maximum atomic E-state index is 12.7. The Labute approximate surface area is 201 Å². The van der Waals surface area contributed by atoms with E-state index in [2.05, 4.69) is 10.6 Å². The first-order valence-corrected chi connectivity index (χ1v) is 10.8. The number of allylic oxidation sites excluding steroid dienone is 1. The predicted octanol–water partition coefficient (Wildman–Crippen LogP) is 4.40. The Morgan fingerprint density at radius 3 is 2.55 bits per heavy atom. The summed E-state index contributed by atoms with van der Waals surface area (Å²) in [4.78, 5) is 24.8. The summed E-state index contributed by atoms with van der Waals surface area (Å²) >= 11 is 12.2. The van der Waals surface area contributed by atoms with Gasteiger partial charge >= 0.3 is 12.0 Å². The molecule has 2 N–H and O–H groups in total. The molecule has 0 fully saturated rings. The maximum absolute atomic E-state index is 12.7. The molecule has 0 aliphatic carbocycles. The van der Waals surface area contributed by atoms with Gasteiger partial charge in [-0.15, -0.1) is 0 Å². The minimum absolute atomic E-state index is 0.0934. The first-order chi connectivity index (χ1) is 15.8. The molecular weight excluding hydrogens is 471 g/mol. The van der Waals surface area contributed by atoms with Crippen LogP contribution in [-0.4, -0.2) is 39.4 Å². The van der Waals surface area contributed by atoms with E-state index in [9.17, 15) is 9.59 Å². The van der Waals surface area contributed by atoms with Gasteiger partial charge in [0.05, 0.1) is 25.3 Å².